The highest BCUT2D eigenvalue weighted by Crippen LogP contribution is 2.14. The average Bonchev–Trinajstić information content (AvgIpc) is 2.67. The van der Waals surface area contributed by atoms with E-state index >= 15 is 0 Å². The first kappa shape index (κ1) is 30.8. The van der Waals surface area contributed by atoms with Crippen LogP contribution in [0.4, 0.5) is 0 Å². The molecule has 0 rings (SSSR count). The highest BCUT2D eigenvalue weighted by molar-refractivity contribution is 5.81. The van der Waals surface area contributed by atoms with Crippen molar-refractivity contribution in [3.63, 3.8) is 0 Å². The van der Waals surface area contributed by atoms with Gasteiger partial charge in [0.05, 0.1) is 20.6 Å². The van der Waals surface area contributed by atoms with Crippen LogP contribution in [0.25, 0.3) is 0 Å². The molecule has 0 fully saturated rings. The number of halogens is 1. The molecule has 0 aliphatic rings. The van der Waals surface area contributed by atoms with E-state index in [9.17, 15) is 4.79 Å². The second-order valence-electron chi connectivity index (χ2n) is 9.06. The molecule has 3 nitrogen and oxygen atoms in total. The molecule has 0 bridgehead atoms. The van der Waals surface area contributed by atoms with Gasteiger partial charge in [0.1, 0.15) is 13.2 Å². The monoisotopic (exact) mass is 475 g/mol. The maximum atomic E-state index is 11.1. The number of hydrogen-bond donors (Lipinski definition) is 0. The van der Waals surface area contributed by atoms with Crippen molar-refractivity contribution in [2.45, 2.75) is 110 Å². The van der Waals surface area contributed by atoms with E-state index in [0.717, 1.165) is 17.6 Å². The van der Waals surface area contributed by atoms with Crippen LogP contribution in [0.1, 0.15) is 110 Å². The maximum absolute atomic E-state index is 11.1. The second-order valence-corrected chi connectivity index (χ2v) is 9.06. The molecule has 0 aliphatic heterocycles. The Balaban J connectivity index is 0. The van der Waals surface area contributed by atoms with E-state index in [1.807, 2.05) is 0 Å². The predicted octanol–water partition coefficient (Wildman–Crippen LogP) is 4.06. The number of carbonyl (C=O) groups is 1. The Morgan fingerprint density at radius 2 is 1.10 bits per heavy atom. The first-order valence-electron chi connectivity index (χ1n) is 12.1. The third-order valence-electron chi connectivity index (χ3n) is 5.72. The molecule has 0 aromatic rings. The van der Waals surface area contributed by atoms with Crippen molar-refractivity contribution in [3.8, 4) is 0 Å². The van der Waals surface area contributed by atoms with E-state index in [0.29, 0.717) is 6.61 Å². The first-order chi connectivity index (χ1) is 13.5. The van der Waals surface area contributed by atoms with Crippen LogP contribution in [0.3, 0.4) is 0 Å². The van der Waals surface area contributed by atoms with Crippen LogP contribution in [-0.4, -0.2) is 44.2 Å². The van der Waals surface area contributed by atoms with Crippen LogP contribution < -0.4 is 17.0 Å². The van der Waals surface area contributed by atoms with Gasteiger partial charge in [0.25, 0.3) is 0 Å². The highest BCUT2D eigenvalue weighted by atomic mass is 79.9. The van der Waals surface area contributed by atoms with Crippen LogP contribution in [0.2, 0.25) is 0 Å². The number of unbranched alkanes of at least 4 members (excludes halogenated alkanes) is 15. The lowest BCUT2D eigenvalue weighted by atomic mass is 10.0. The molecule has 174 valence electrons. The molecule has 0 heterocycles. The minimum atomic E-state index is -0.317. The molecular weight excluding hydrogens is 426 g/mol. The van der Waals surface area contributed by atoms with E-state index in [1.54, 1.807) is 0 Å². The number of esters is 1. The Labute approximate surface area is 193 Å². The minimum Gasteiger partial charge on any atom is -1.00 e. The van der Waals surface area contributed by atoms with Crippen molar-refractivity contribution in [2.24, 2.45) is 0 Å². The number of carbonyl (C=O) groups excluding carboxylic acids is 1. The van der Waals surface area contributed by atoms with Crippen LogP contribution in [0.5, 0.6) is 0 Å². The number of hydrogen-bond acceptors (Lipinski definition) is 2. The molecule has 0 unspecified atom stereocenters. The Kier molecular flexibility index (Phi) is 23.8. The quantitative estimate of drug-likeness (QED) is 0.108. The van der Waals surface area contributed by atoms with E-state index in [4.69, 9.17) is 4.74 Å². The number of ether oxygens (including phenoxy) is 1. The Morgan fingerprint density at radius 1 is 0.724 bits per heavy atom. The topological polar surface area (TPSA) is 26.3 Å². The van der Waals surface area contributed by atoms with Gasteiger partial charge in [-0.2, -0.15) is 0 Å². The number of nitrogens with zero attached hydrogens (tertiary/aromatic N) is 1. The number of quaternary nitrogens is 1. The lowest BCUT2D eigenvalue weighted by Crippen LogP contribution is -3.00. The van der Waals surface area contributed by atoms with Crippen molar-refractivity contribution in [3.05, 3.63) is 12.7 Å². The summed E-state index contributed by atoms with van der Waals surface area (Å²) in [5, 5.41) is 0. The molecule has 0 spiro atoms. The van der Waals surface area contributed by atoms with Gasteiger partial charge in [-0.25, -0.2) is 4.79 Å². The van der Waals surface area contributed by atoms with Gasteiger partial charge in [0.15, 0.2) is 0 Å². The Bertz CT molecular complexity index is 372. The van der Waals surface area contributed by atoms with E-state index < -0.39 is 0 Å². The van der Waals surface area contributed by atoms with Crippen LogP contribution >= 0.6 is 0 Å². The van der Waals surface area contributed by atoms with Crippen molar-refractivity contribution < 1.29 is 31.0 Å². The minimum absolute atomic E-state index is 0. The maximum Gasteiger partial charge on any atom is 0.330 e. The zero-order valence-electron chi connectivity index (χ0n) is 19.9. The van der Waals surface area contributed by atoms with Gasteiger partial charge in [-0.3, -0.25) is 0 Å². The Morgan fingerprint density at radius 3 is 1.48 bits per heavy atom. The molecule has 4 heteroatoms. The second kappa shape index (κ2) is 22.3. The first-order valence-corrected chi connectivity index (χ1v) is 12.1. The van der Waals surface area contributed by atoms with Gasteiger partial charge < -0.3 is 26.2 Å². The largest absolute Gasteiger partial charge is 1.00 e. The standard InChI is InChI=1S/C25H50NO2.BrH/c1-5-7-8-9-10-11-12-13-14-15-16-17-18-19-20-21-22-26(3,4)23-24-28-25(27)6-2;/h6H,2,5,7-24H2,1,3-4H3;1H/q+1;/p-1. The molecule has 0 N–H and O–H groups in total. The summed E-state index contributed by atoms with van der Waals surface area (Å²) in [4.78, 5) is 11.1. The molecule has 0 radical (unpaired) electrons. The third-order valence-corrected chi connectivity index (χ3v) is 5.72. The predicted molar refractivity (Wildman–Crippen MR) is 123 cm³/mol. The average molecular weight is 477 g/mol. The van der Waals surface area contributed by atoms with E-state index in [1.165, 1.54) is 109 Å². The van der Waals surface area contributed by atoms with Crippen molar-refractivity contribution >= 4 is 5.97 Å². The Hall–Kier alpha value is -0.350. The lowest BCUT2D eigenvalue weighted by Gasteiger charge is -2.29. The summed E-state index contributed by atoms with van der Waals surface area (Å²) in [6.45, 7) is 8.22. The van der Waals surface area contributed by atoms with Crippen molar-refractivity contribution in [1.82, 2.24) is 0 Å². The van der Waals surface area contributed by atoms with Gasteiger partial charge in [0.2, 0.25) is 0 Å². The molecule has 0 aliphatic carbocycles. The fourth-order valence-electron chi connectivity index (χ4n) is 3.65. The summed E-state index contributed by atoms with van der Waals surface area (Å²) in [6, 6.07) is 0. The normalized spacial score (nSPS) is 11.1. The smallest absolute Gasteiger partial charge is 0.330 e. The van der Waals surface area contributed by atoms with Crippen LogP contribution in [0, 0.1) is 0 Å². The zero-order valence-corrected chi connectivity index (χ0v) is 21.4. The van der Waals surface area contributed by atoms with Gasteiger partial charge in [-0.05, 0) is 12.8 Å². The van der Waals surface area contributed by atoms with Gasteiger partial charge in [-0.1, -0.05) is 103 Å². The summed E-state index contributed by atoms with van der Waals surface area (Å²) in [5.41, 5.74) is 0. The van der Waals surface area contributed by atoms with Crippen molar-refractivity contribution in [2.75, 3.05) is 33.8 Å². The molecule has 0 saturated carbocycles. The van der Waals surface area contributed by atoms with Crippen molar-refractivity contribution in [1.29, 1.82) is 0 Å². The summed E-state index contributed by atoms with van der Waals surface area (Å²) in [7, 11) is 4.43. The SMILES string of the molecule is C=CC(=O)OCC[N+](C)(C)CCCCCCCCCCCCCCCCCC.[Br-]. The summed E-state index contributed by atoms with van der Waals surface area (Å²) in [5.74, 6) is -0.317. The third kappa shape index (κ3) is 23.8. The fourth-order valence-corrected chi connectivity index (χ4v) is 3.65. The molecule has 0 atom stereocenters. The summed E-state index contributed by atoms with van der Waals surface area (Å²) >= 11 is 0. The highest BCUT2D eigenvalue weighted by Gasteiger charge is 2.14. The molecular formula is C25H50BrNO2. The zero-order chi connectivity index (χ0) is 20.9. The number of rotatable bonds is 21. The van der Waals surface area contributed by atoms with Gasteiger partial charge in [0, 0.05) is 6.08 Å². The van der Waals surface area contributed by atoms with Gasteiger partial charge >= 0.3 is 5.97 Å². The van der Waals surface area contributed by atoms with Crippen LogP contribution in [0.15, 0.2) is 12.7 Å². The number of likely N-dealkylation sites (N-methyl/N-ethyl adjacent to an activating group) is 1. The van der Waals surface area contributed by atoms with E-state index in [2.05, 4.69) is 27.6 Å². The summed E-state index contributed by atoms with van der Waals surface area (Å²) in [6.07, 6.45) is 23.8. The molecule has 0 saturated heterocycles. The summed E-state index contributed by atoms with van der Waals surface area (Å²) < 4.78 is 6.01. The molecule has 29 heavy (non-hydrogen) atoms. The van der Waals surface area contributed by atoms with Crippen LogP contribution in [-0.2, 0) is 9.53 Å². The molecule has 0 aromatic carbocycles. The van der Waals surface area contributed by atoms with Gasteiger partial charge in [-0.15, -0.1) is 0 Å². The fraction of sp³-hybridized carbons (Fsp3) is 0.880. The van der Waals surface area contributed by atoms with E-state index in [-0.39, 0.29) is 23.0 Å². The lowest BCUT2D eigenvalue weighted by molar-refractivity contribution is -0.890. The molecule has 0 amide bonds. The molecule has 0 aromatic heterocycles.